The first-order valence-corrected chi connectivity index (χ1v) is 6.12. The molecule has 1 aliphatic rings. The highest BCUT2D eigenvalue weighted by Crippen LogP contribution is 2.29. The first kappa shape index (κ1) is 12.3. The fourth-order valence-corrected chi connectivity index (χ4v) is 2.34. The molecule has 0 spiro atoms. The number of nitrogens with zero attached hydrogens (tertiary/aromatic N) is 2. The summed E-state index contributed by atoms with van der Waals surface area (Å²) in [6, 6.07) is 1.52. The zero-order valence-electron chi connectivity index (χ0n) is 10.4. The van der Waals surface area contributed by atoms with E-state index >= 15 is 0 Å². The van der Waals surface area contributed by atoms with Gasteiger partial charge in [-0.1, -0.05) is 13.8 Å². The Balaban J connectivity index is 2.19. The van der Waals surface area contributed by atoms with Gasteiger partial charge in [-0.25, -0.2) is 9.37 Å². The quantitative estimate of drug-likeness (QED) is 0.877. The summed E-state index contributed by atoms with van der Waals surface area (Å²) in [5.74, 6) is 1.23. The summed E-state index contributed by atoms with van der Waals surface area (Å²) < 4.78 is 14.0. The summed E-state index contributed by atoms with van der Waals surface area (Å²) in [7, 11) is 0. The van der Waals surface area contributed by atoms with E-state index in [9.17, 15) is 4.39 Å². The third kappa shape index (κ3) is 2.41. The van der Waals surface area contributed by atoms with Gasteiger partial charge >= 0.3 is 0 Å². The number of aliphatic hydroxyl groups excluding tert-OH is 1. The van der Waals surface area contributed by atoms with Gasteiger partial charge in [-0.05, 0) is 24.3 Å². The number of aromatic nitrogens is 1. The summed E-state index contributed by atoms with van der Waals surface area (Å²) >= 11 is 0. The van der Waals surface area contributed by atoms with Gasteiger partial charge in [0.1, 0.15) is 0 Å². The predicted molar refractivity (Wildman–Crippen MR) is 65.3 cm³/mol. The van der Waals surface area contributed by atoms with E-state index < -0.39 is 0 Å². The Morgan fingerprint density at radius 1 is 1.59 bits per heavy atom. The van der Waals surface area contributed by atoms with E-state index in [0.29, 0.717) is 23.2 Å². The highest BCUT2D eigenvalue weighted by atomic mass is 19.1. The van der Waals surface area contributed by atoms with Crippen molar-refractivity contribution in [2.75, 3.05) is 18.0 Å². The van der Waals surface area contributed by atoms with Crippen LogP contribution in [0.4, 0.5) is 10.2 Å². The molecule has 2 heterocycles. The summed E-state index contributed by atoms with van der Waals surface area (Å²) in [5.41, 5.74) is 0.322. The van der Waals surface area contributed by atoms with E-state index in [1.807, 2.05) is 4.90 Å². The van der Waals surface area contributed by atoms with Gasteiger partial charge in [-0.2, -0.15) is 0 Å². The molecule has 1 aromatic rings. The van der Waals surface area contributed by atoms with Gasteiger partial charge in [0, 0.05) is 24.8 Å². The molecule has 17 heavy (non-hydrogen) atoms. The van der Waals surface area contributed by atoms with Crippen LogP contribution in [0.15, 0.2) is 12.3 Å². The molecule has 1 saturated heterocycles. The fourth-order valence-electron chi connectivity index (χ4n) is 2.34. The molecule has 0 saturated carbocycles. The Labute approximate surface area is 101 Å². The molecule has 2 rings (SSSR count). The normalized spacial score (nSPS) is 20.3. The number of rotatable bonds is 3. The monoisotopic (exact) mass is 238 g/mol. The third-order valence-corrected chi connectivity index (χ3v) is 3.59. The molecule has 4 heteroatoms. The molecule has 3 nitrogen and oxygen atoms in total. The van der Waals surface area contributed by atoms with Gasteiger partial charge in [0.15, 0.2) is 11.6 Å². The number of hydrogen-bond donors (Lipinski definition) is 1. The van der Waals surface area contributed by atoms with Crippen molar-refractivity contribution in [2.45, 2.75) is 26.9 Å². The second-order valence-electron chi connectivity index (χ2n) is 5.00. The van der Waals surface area contributed by atoms with E-state index in [1.54, 1.807) is 6.20 Å². The molecular weight excluding hydrogens is 219 g/mol. The number of hydrogen-bond acceptors (Lipinski definition) is 3. The minimum atomic E-state index is -0.376. The minimum Gasteiger partial charge on any atom is -0.392 e. The van der Waals surface area contributed by atoms with Gasteiger partial charge < -0.3 is 10.0 Å². The lowest BCUT2D eigenvalue weighted by Gasteiger charge is -2.20. The van der Waals surface area contributed by atoms with E-state index in [0.717, 1.165) is 19.5 Å². The fraction of sp³-hybridized carbons (Fsp3) is 0.615. The SMILES string of the molecule is CC(C)C1CCN(c2nccc(CO)c2F)C1. The molecule has 0 aromatic carbocycles. The Bertz CT molecular complexity index is 395. The number of aliphatic hydroxyl groups is 1. The van der Waals surface area contributed by atoms with Crippen molar-refractivity contribution in [1.29, 1.82) is 0 Å². The molecular formula is C13H19FN2O. The van der Waals surface area contributed by atoms with E-state index in [4.69, 9.17) is 5.11 Å². The summed E-state index contributed by atoms with van der Waals surface area (Å²) in [4.78, 5) is 6.09. The molecule has 0 amide bonds. The Morgan fingerprint density at radius 2 is 2.35 bits per heavy atom. The van der Waals surface area contributed by atoms with Crippen LogP contribution in [-0.2, 0) is 6.61 Å². The zero-order valence-corrected chi connectivity index (χ0v) is 10.4. The average molecular weight is 238 g/mol. The van der Waals surface area contributed by atoms with Crippen LogP contribution < -0.4 is 4.90 Å². The molecule has 1 atom stereocenters. The second-order valence-corrected chi connectivity index (χ2v) is 5.00. The highest BCUT2D eigenvalue weighted by molar-refractivity contribution is 5.44. The lowest BCUT2D eigenvalue weighted by molar-refractivity contribution is 0.275. The predicted octanol–water partition coefficient (Wildman–Crippen LogP) is 2.20. The smallest absolute Gasteiger partial charge is 0.171 e. The summed E-state index contributed by atoms with van der Waals surface area (Å²) in [5, 5.41) is 9.04. The highest BCUT2D eigenvalue weighted by Gasteiger charge is 2.27. The number of anilines is 1. The van der Waals surface area contributed by atoms with E-state index in [2.05, 4.69) is 18.8 Å². The van der Waals surface area contributed by atoms with Crippen LogP contribution in [0.5, 0.6) is 0 Å². The van der Waals surface area contributed by atoms with Crippen molar-refractivity contribution in [2.24, 2.45) is 11.8 Å². The van der Waals surface area contributed by atoms with Gasteiger partial charge in [0.25, 0.3) is 0 Å². The van der Waals surface area contributed by atoms with Crippen molar-refractivity contribution in [3.05, 3.63) is 23.6 Å². The van der Waals surface area contributed by atoms with Crippen LogP contribution in [0.3, 0.4) is 0 Å². The molecule has 0 bridgehead atoms. The molecule has 0 radical (unpaired) electrons. The standard InChI is InChI=1S/C13H19FN2O/c1-9(2)10-4-6-16(7-10)13-12(14)11(8-17)3-5-15-13/h3,5,9-10,17H,4,6-8H2,1-2H3. The maximum absolute atomic E-state index is 14.0. The van der Waals surface area contributed by atoms with Crippen molar-refractivity contribution in [1.82, 2.24) is 4.98 Å². The topological polar surface area (TPSA) is 36.4 Å². The van der Waals surface area contributed by atoms with Crippen LogP contribution in [0, 0.1) is 17.7 Å². The average Bonchev–Trinajstić information content (AvgIpc) is 2.78. The van der Waals surface area contributed by atoms with E-state index in [1.165, 1.54) is 6.07 Å². The lowest BCUT2D eigenvalue weighted by Crippen LogP contribution is -2.23. The molecule has 1 fully saturated rings. The van der Waals surface area contributed by atoms with Crippen molar-refractivity contribution in [3.8, 4) is 0 Å². The zero-order chi connectivity index (χ0) is 12.4. The maximum atomic E-state index is 14.0. The van der Waals surface area contributed by atoms with Crippen LogP contribution in [0.1, 0.15) is 25.8 Å². The van der Waals surface area contributed by atoms with Gasteiger partial charge in [-0.3, -0.25) is 0 Å². The lowest BCUT2D eigenvalue weighted by atomic mass is 9.95. The van der Waals surface area contributed by atoms with Crippen LogP contribution in [0.2, 0.25) is 0 Å². The van der Waals surface area contributed by atoms with Gasteiger partial charge in [-0.15, -0.1) is 0 Å². The molecule has 1 N–H and O–H groups in total. The largest absolute Gasteiger partial charge is 0.392 e. The Morgan fingerprint density at radius 3 is 2.94 bits per heavy atom. The summed E-state index contributed by atoms with van der Waals surface area (Å²) in [6.45, 7) is 5.82. The van der Waals surface area contributed by atoms with Crippen molar-refractivity contribution < 1.29 is 9.50 Å². The van der Waals surface area contributed by atoms with Crippen LogP contribution >= 0.6 is 0 Å². The van der Waals surface area contributed by atoms with Crippen LogP contribution in [0.25, 0.3) is 0 Å². The van der Waals surface area contributed by atoms with E-state index in [-0.39, 0.29) is 12.4 Å². The number of halogens is 1. The Hall–Kier alpha value is -1.16. The van der Waals surface area contributed by atoms with Crippen molar-refractivity contribution in [3.63, 3.8) is 0 Å². The second kappa shape index (κ2) is 5.00. The molecule has 1 aliphatic heterocycles. The number of pyridine rings is 1. The molecule has 94 valence electrons. The van der Waals surface area contributed by atoms with Gasteiger partial charge in [0.2, 0.25) is 0 Å². The summed E-state index contributed by atoms with van der Waals surface area (Å²) in [6.07, 6.45) is 2.65. The minimum absolute atomic E-state index is 0.275. The molecule has 1 aromatic heterocycles. The first-order valence-electron chi connectivity index (χ1n) is 6.12. The Kier molecular flexibility index (Phi) is 3.62. The molecule has 1 unspecified atom stereocenters. The van der Waals surface area contributed by atoms with Gasteiger partial charge in [0.05, 0.1) is 6.61 Å². The maximum Gasteiger partial charge on any atom is 0.171 e. The molecule has 0 aliphatic carbocycles. The first-order chi connectivity index (χ1) is 8.13. The van der Waals surface area contributed by atoms with Crippen LogP contribution in [-0.4, -0.2) is 23.2 Å². The third-order valence-electron chi connectivity index (χ3n) is 3.59. The van der Waals surface area contributed by atoms with Crippen molar-refractivity contribution >= 4 is 5.82 Å².